The Kier molecular flexibility index (Phi) is 2.55. The topological polar surface area (TPSA) is 94.3 Å². The van der Waals surface area contributed by atoms with E-state index in [2.05, 4.69) is 15.6 Å². The molecule has 0 aliphatic carbocycles. The molecule has 1 aliphatic heterocycles. The zero-order chi connectivity index (χ0) is 11.5. The lowest BCUT2D eigenvalue weighted by molar-refractivity contribution is -0.110. The molecule has 6 nitrogen and oxygen atoms in total. The molecule has 1 amide bonds. The predicted molar refractivity (Wildman–Crippen MR) is 57.2 cm³/mol. The number of para-hydroxylation sites is 1. The molecule has 16 heavy (non-hydrogen) atoms. The fourth-order valence-electron chi connectivity index (χ4n) is 1.54. The van der Waals surface area contributed by atoms with Crippen LogP contribution in [-0.2, 0) is 4.79 Å². The van der Waals surface area contributed by atoms with Crippen molar-refractivity contribution in [2.75, 3.05) is 5.32 Å². The van der Waals surface area contributed by atoms with E-state index in [4.69, 9.17) is 10.4 Å². The Labute approximate surface area is 90.9 Å². The number of oxime groups is 2. The first-order valence-corrected chi connectivity index (χ1v) is 4.59. The molecule has 82 valence electrons. The van der Waals surface area contributed by atoms with Gasteiger partial charge in [-0.15, -0.1) is 0 Å². The summed E-state index contributed by atoms with van der Waals surface area (Å²) in [7, 11) is 0. The minimum Gasteiger partial charge on any atom is -0.411 e. The van der Waals surface area contributed by atoms with Gasteiger partial charge in [-0.3, -0.25) is 4.79 Å². The number of amides is 1. The summed E-state index contributed by atoms with van der Waals surface area (Å²) in [5.41, 5.74) is 1.32. The molecular weight excluding hydrogens is 210 g/mol. The van der Waals surface area contributed by atoms with Crippen LogP contribution in [0.1, 0.15) is 12.0 Å². The van der Waals surface area contributed by atoms with Gasteiger partial charge in [0, 0.05) is 12.0 Å². The molecule has 1 aliphatic rings. The molecule has 2 rings (SSSR count). The Balaban J connectivity index is 2.56. The maximum atomic E-state index is 11.5. The normalized spacial score (nSPS) is 20.4. The third-order valence-electron chi connectivity index (χ3n) is 2.32. The summed E-state index contributed by atoms with van der Waals surface area (Å²) in [5, 5.41) is 26.1. The number of fused-ring (bicyclic) bond motifs is 1. The first-order valence-electron chi connectivity index (χ1n) is 4.59. The standard InChI is InChI=1S/C10H9N3O3/c14-10-9(13-16)5-8(12-15)6-3-1-2-4-7(6)11-10/h1-4,15-16H,5H2,(H,11,14). The van der Waals surface area contributed by atoms with Crippen LogP contribution in [0.15, 0.2) is 34.6 Å². The second-order valence-electron chi connectivity index (χ2n) is 3.27. The van der Waals surface area contributed by atoms with E-state index in [0.717, 1.165) is 0 Å². The molecular formula is C10H9N3O3. The molecule has 0 atom stereocenters. The van der Waals surface area contributed by atoms with Gasteiger partial charge in [0.05, 0.1) is 11.4 Å². The maximum Gasteiger partial charge on any atom is 0.273 e. The monoisotopic (exact) mass is 219 g/mol. The van der Waals surface area contributed by atoms with Crippen molar-refractivity contribution in [3.63, 3.8) is 0 Å². The lowest BCUT2D eigenvalue weighted by atomic mass is 10.1. The van der Waals surface area contributed by atoms with E-state index in [1.165, 1.54) is 0 Å². The highest BCUT2D eigenvalue weighted by Gasteiger charge is 2.24. The Bertz CT molecular complexity index is 494. The van der Waals surface area contributed by atoms with E-state index >= 15 is 0 Å². The van der Waals surface area contributed by atoms with Gasteiger partial charge in [-0.05, 0) is 6.07 Å². The Morgan fingerprint density at radius 2 is 1.81 bits per heavy atom. The van der Waals surface area contributed by atoms with Gasteiger partial charge in [-0.2, -0.15) is 0 Å². The summed E-state index contributed by atoms with van der Waals surface area (Å²) in [4.78, 5) is 11.5. The van der Waals surface area contributed by atoms with Crippen molar-refractivity contribution in [3.8, 4) is 0 Å². The fraction of sp³-hybridized carbons (Fsp3) is 0.100. The SMILES string of the molecule is O=C1Nc2ccccc2C(=NO)CC1=NO. The summed E-state index contributed by atoms with van der Waals surface area (Å²) >= 11 is 0. The van der Waals surface area contributed by atoms with Gasteiger partial charge in [0.1, 0.15) is 0 Å². The van der Waals surface area contributed by atoms with E-state index in [0.29, 0.717) is 11.3 Å². The molecule has 0 saturated carbocycles. The van der Waals surface area contributed by atoms with Crippen LogP contribution in [0.3, 0.4) is 0 Å². The number of benzene rings is 1. The molecule has 1 aromatic carbocycles. The van der Waals surface area contributed by atoms with Crippen molar-refractivity contribution in [1.82, 2.24) is 0 Å². The molecule has 1 aromatic rings. The summed E-state index contributed by atoms with van der Waals surface area (Å²) < 4.78 is 0. The van der Waals surface area contributed by atoms with E-state index in [1.807, 2.05) is 0 Å². The molecule has 0 saturated heterocycles. The molecule has 0 bridgehead atoms. The van der Waals surface area contributed by atoms with E-state index in [9.17, 15) is 4.79 Å². The van der Waals surface area contributed by atoms with Crippen LogP contribution in [0.4, 0.5) is 5.69 Å². The van der Waals surface area contributed by atoms with Gasteiger partial charge >= 0.3 is 0 Å². The summed E-state index contributed by atoms with van der Waals surface area (Å²) in [6.45, 7) is 0. The van der Waals surface area contributed by atoms with Crippen molar-refractivity contribution < 1.29 is 15.2 Å². The average Bonchev–Trinajstić information content (AvgIpc) is 2.45. The van der Waals surface area contributed by atoms with Crippen LogP contribution in [0.5, 0.6) is 0 Å². The van der Waals surface area contributed by atoms with Crippen LogP contribution in [0.25, 0.3) is 0 Å². The Morgan fingerprint density at radius 1 is 1.12 bits per heavy atom. The average molecular weight is 219 g/mol. The second-order valence-corrected chi connectivity index (χ2v) is 3.27. The van der Waals surface area contributed by atoms with Crippen LogP contribution >= 0.6 is 0 Å². The number of carbonyl (C=O) groups excluding carboxylic acids is 1. The van der Waals surface area contributed by atoms with Crippen LogP contribution < -0.4 is 5.32 Å². The zero-order valence-corrected chi connectivity index (χ0v) is 8.21. The Morgan fingerprint density at radius 3 is 2.50 bits per heavy atom. The highest BCUT2D eigenvalue weighted by molar-refractivity contribution is 6.48. The summed E-state index contributed by atoms with van der Waals surface area (Å²) in [6.07, 6.45) is -0.0180. The van der Waals surface area contributed by atoms with E-state index < -0.39 is 5.91 Å². The summed E-state index contributed by atoms with van der Waals surface area (Å²) in [5.74, 6) is -0.506. The first-order chi connectivity index (χ1) is 7.76. The van der Waals surface area contributed by atoms with Crippen LogP contribution in [-0.4, -0.2) is 27.7 Å². The first kappa shape index (κ1) is 10.2. The zero-order valence-electron chi connectivity index (χ0n) is 8.21. The van der Waals surface area contributed by atoms with E-state index in [-0.39, 0.29) is 17.8 Å². The molecule has 0 spiro atoms. The number of carbonyl (C=O) groups is 1. The highest BCUT2D eigenvalue weighted by Crippen LogP contribution is 2.21. The second kappa shape index (κ2) is 4.01. The van der Waals surface area contributed by atoms with Crippen LogP contribution in [0.2, 0.25) is 0 Å². The number of anilines is 1. The molecule has 0 radical (unpaired) electrons. The van der Waals surface area contributed by atoms with Crippen molar-refractivity contribution >= 4 is 23.0 Å². The minimum atomic E-state index is -0.506. The molecule has 6 heteroatoms. The number of nitrogens with one attached hydrogen (secondary N) is 1. The van der Waals surface area contributed by atoms with Gasteiger partial charge < -0.3 is 15.7 Å². The predicted octanol–water partition coefficient (Wildman–Crippen LogP) is 1.04. The lowest BCUT2D eigenvalue weighted by Gasteiger charge is -2.04. The van der Waals surface area contributed by atoms with Gasteiger partial charge in [0.2, 0.25) is 0 Å². The fourth-order valence-corrected chi connectivity index (χ4v) is 1.54. The summed E-state index contributed by atoms with van der Waals surface area (Å²) in [6, 6.07) is 6.90. The molecule has 0 aromatic heterocycles. The minimum absolute atomic E-state index is 0.0180. The molecule has 3 N–H and O–H groups in total. The van der Waals surface area contributed by atoms with Gasteiger partial charge in [0.15, 0.2) is 5.71 Å². The molecule has 0 unspecified atom stereocenters. The smallest absolute Gasteiger partial charge is 0.273 e. The maximum absolute atomic E-state index is 11.5. The van der Waals surface area contributed by atoms with Crippen molar-refractivity contribution in [3.05, 3.63) is 29.8 Å². The number of hydrogen-bond acceptors (Lipinski definition) is 5. The highest BCUT2D eigenvalue weighted by atomic mass is 16.4. The van der Waals surface area contributed by atoms with Crippen molar-refractivity contribution in [2.24, 2.45) is 10.3 Å². The lowest BCUT2D eigenvalue weighted by Crippen LogP contribution is -2.21. The molecule has 0 fully saturated rings. The largest absolute Gasteiger partial charge is 0.411 e. The van der Waals surface area contributed by atoms with Gasteiger partial charge in [-0.1, -0.05) is 28.5 Å². The van der Waals surface area contributed by atoms with Gasteiger partial charge in [0.25, 0.3) is 5.91 Å². The third-order valence-corrected chi connectivity index (χ3v) is 2.32. The van der Waals surface area contributed by atoms with Gasteiger partial charge in [-0.25, -0.2) is 0 Å². The Hall–Kier alpha value is -2.37. The van der Waals surface area contributed by atoms with Crippen LogP contribution in [0, 0.1) is 0 Å². The number of rotatable bonds is 0. The molecule has 1 heterocycles. The van der Waals surface area contributed by atoms with E-state index in [1.54, 1.807) is 24.3 Å². The van der Waals surface area contributed by atoms with Crippen molar-refractivity contribution in [1.29, 1.82) is 0 Å². The quantitative estimate of drug-likeness (QED) is 0.449. The number of hydrogen-bond donors (Lipinski definition) is 3. The third kappa shape index (κ3) is 1.60. The van der Waals surface area contributed by atoms with Crippen molar-refractivity contribution in [2.45, 2.75) is 6.42 Å². The number of nitrogens with zero attached hydrogens (tertiary/aromatic N) is 2.